The highest BCUT2D eigenvalue weighted by Gasteiger charge is 2.31. The predicted octanol–water partition coefficient (Wildman–Crippen LogP) is -0.363. The zero-order valence-corrected chi connectivity index (χ0v) is 9.73. The fraction of sp³-hybridized carbons (Fsp3) is 0.889. The number of aromatic nitrogens is 4. The van der Waals surface area contributed by atoms with Crippen LogP contribution in [0.15, 0.2) is 0 Å². The molecule has 0 aliphatic heterocycles. The molecule has 86 valence electrons. The highest BCUT2D eigenvalue weighted by Crippen LogP contribution is 2.18. The van der Waals surface area contributed by atoms with Crippen LogP contribution in [0.25, 0.3) is 0 Å². The van der Waals surface area contributed by atoms with E-state index in [-0.39, 0.29) is 12.1 Å². The Morgan fingerprint density at radius 1 is 1.33 bits per heavy atom. The average Bonchev–Trinajstić information content (AvgIpc) is 2.65. The van der Waals surface area contributed by atoms with Crippen LogP contribution in [0.2, 0.25) is 0 Å². The molecule has 1 aromatic rings. The van der Waals surface area contributed by atoms with Gasteiger partial charge in [0.05, 0.1) is 17.6 Å². The lowest BCUT2D eigenvalue weighted by molar-refractivity contribution is 0.201. The van der Waals surface area contributed by atoms with Crippen LogP contribution in [0.3, 0.4) is 0 Å². The number of nitrogens with zero attached hydrogens (tertiary/aromatic N) is 4. The minimum absolute atomic E-state index is 0.0840. The van der Waals surface area contributed by atoms with Crippen molar-refractivity contribution in [2.24, 2.45) is 5.73 Å². The Hall–Kier alpha value is -1.01. The van der Waals surface area contributed by atoms with Crippen molar-refractivity contribution in [2.75, 3.05) is 13.2 Å². The van der Waals surface area contributed by atoms with Gasteiger partial charge in [0.2, 0.25) is 0 Å². The van der Waals surface area contributed by atoms with Gasteiger partial charge < -0.3 is 10.8 Å². The van der Waals surface area contributed by atoms with E-state index in [9.17, 15) is 5.11 Å². The molecule has 0 radical (unpaired) electrons. The van der Waals surface area contributed by atoms with Crippen LogP contribution < -0.4 is 5.73 Å². The molecule has 6 heteroatoms. The molecule has 0 aromatic carbocycles. The molecule has 0 amide bonds. The van der Waals surface area contributed by atoms with Gasteiger partial charge in [-0.1, -0.05) is 0 Å². The van der Waals surface area contributed by atoms with Gasteiger partial charge in [0.1, 0.15) is 0 Å². The van der Waals surface area contributed by atoms with Crippen LogP contribution in [-0.2, 0) is 11.0 Å². The summed E-state index contributed by atoms with van der Waals surface area (Å²) in [5.41, 5.74) is 4.77. The average molecular weight is 213 g/mol. The van der Waals surface area contributed by atoms with E-state index in [2.05, 4.69) is 15.4 Å². The molecule has 1 aromatic heterocycles. The molecule has 0 aliphatic rings. The van der Waals surface area contributed by atoms with Crippen molar-refractivity contribution in [1.82, 2.24) is 20.2 Å². The second-order valence-corrected chi connectivity index (χ2v) is 5.00. The van der Waals surface area contributed by atoms with E-state index in [1.54, 1.807) is 0 Å². The second-order valence-electron chi connectivity index (χ2n) is 5.00. The van der Waals surface area contributed by atoms with Gasteiger partial charge >= 0.3 is 0 Å². The zero-order chi connectivity index (χ0) is 11.7. The molecule has 0 saturated carbocycles. The van der Waals surface area contributed by atoms with E-state index in [1.165, 1.54) is 4.80 Å². The summed E-state index contributed by atoms with van der Waals surface area (Å²) >= 11 is 0. The van der Waals surface area contributed by atoms with E-state index < -0.39 is 5.41 Å². The van der Waals surface area contributed by atoms with Crippen LogP contribution in [-0.4, -0.2) is 38.5 Å². The van der Waals surface area contributed by atoms with Crippen molar-refractivity contribution in [3.8, 4) is 0 Å². The minimum Gasteiger partial charge on any atom is -0.395 e. The molecular weight excluding hydrogens is 194 g/mol. The molecule has 1 rings (SSSR count). The van der Waals surface area contributed by atoms with Crippen molar-refractivity contribution in [3.63, 3.8) is 0 Å². The Morgan fingerprint density at radius 3 is 2.27 bits per heavy atom. The number of tetrazole rings is 1. The van der Waals surface area contributed by atoms with E-state index in [1.807, 2.05) is 27.7 Å². The van der Waals surface area contributed by atoms with Gasteiger partial charge in [-0.3, -0.25) is 0 Å². The van der Waals surface area contributed by atoms with Crippen LogP contribution in [0.1, 0.15) is 33.5 Å². The van der Waals surface area contributed by atoms with Gasteiger partial charge in [-0.2, -0.15) is 4.80 Å². The molecule has 1 unspecified atom stereocenters. The summed E-state index contributed by atoms with van der Waals surface area (Å²) in [6, 6.07) is 0. The first-order valence-corrected chi connectivity index (χ1v) is 4.95. The Bertz CT molecular complexity index is 323. The summed E-state index contributed by atoms with van der Waals surface area (Å²) < 4.78 is 0. The maximum atomic E-state index is 9.25. The van der Waals surface area contributed by atoms with Crippen LogP contribution >= 0.6 is 0 Å². The number of aliphatic hydroxyl groups is 1. The maximum absolute atomic E-state index is 9.25. The fourth-order valence-corrected chi connectivity index (χ4v) is 0.967. The monoisotopic (exact) mass is 213 g/mol. The molecule has 0 spiro atoms. The van der Waals surface area contributed by atoms with Crippen LogP contribution in [0.4, 0.5) is 0 Å². The van der Waals surface area contributed by atoms with Gasteiger partial charge in [-0.25, -0.2) is 0 Å². The topological polar surface area (TPSA) is 89.9 Å². The van der Waals surface area contributed by atoms with Crippen molar-refractivity contribution >= 4 is 0 Å². The highest BCUT2D eigenvalue weighted by molar-refractivity contribution is 5.03. The molecule has 3 N–H and O–H groups in total. The van der Waals surface area contributed by atoms with E-state index in [0.29, 0.717) is 12.4 Å². The molecule has 15 heavy (non-hydrogen) atoms. The van der Waals surface area contributed by atoms with E-state index in [4.69, 9.17) is 5.73 Å². The van der Waals surface area contributed by atoms with E-state index in [0.717, 1.165) is 0 Å². The van der Waals surface area contributed by atoms with Crippen molar-refractivity contribution in [1.29, 1.82) is 0 Å². The molecular formula is C9H19N5O. The number of rotatable bonds is 3. The molecule has 0 bridgehead atoms. The lowest BCUT2D eigenvalue weighted by Gasteiger charge is -2.21. The third kappa shape index (κ3) is 2.32. The van der Waals surface area contributed by atoms with Gasteiger partial charge in [0.15, 0.2) is 5.82 Å². The van der Waals surface area contributed by atoms with Crippen molar-refractivity contribution < 1.29 is 5.11 Å². The first-order chi connectivity index (χ1) is 6.83. The third-order valence-corrected chi connectivity index (χ3v) is 2.35. The quantitative estimate of drug-likeness (QED) is 0.715. The second kappa shape index (κ2) is 3.86. The molecule has 0 saturated heterocycles. The third-order valence-electron chi connectivity index (χ3n) is 2.35. The Morgan fingerprint density at radius 2 is 1.93 bits per heavy atom. The molecule has 6 nitrogen and oxygen atoms in total. The number of aliphatic hydroxyl groups excluding tert-OH is 1. The van der Waals surface area contributed by atoms with Crippen LogP contribution in [0, 0.1) is 0 Å². The first-order valence-electron chi connectivity index (χ1n) is 4.95. The van der Waals surface area contributed by atoms with Gasteiger partial charge in [-0.15, -0.1) is 10.2 Å². The summed E-state index contributed by atoms with van der Waals surface area (Å²) in [5.74, 6) is 0.488. The number of hydrogen-bond acceptors (Lipinski definition) is 5. The lowest BCUT2D eigenvalue weighted by atomic mass is 9.91. The zero-order valence-electron chi connectivity index (χ0n) is 9.73. The smallest absolute Gasteiger partial charge is 0.184 e. The Kier molecular flexibility index (Phi) is 3.11. The highest BCUT2D eigenvalue weighted by atomic mass is 16.3. The molecule has 0 aliphatic carbocycles. The SMILES string of the molecule is CC(CN)(CO)c1nnn(C(C)(C)C)n1. The predicted molar refractivity (Wildman–Crippen MR) is 56.3 cm³/mol. The van der Waals surface area contributed by atoms with Crippen LogP contribution in [0.5, 0.6) is 0 Å². The maximum Gasteiger partial charge on any atom is 0.184 e. The fourth-order valence-electron chi connectivity index (χ4n) is 0.967. The summed E-state index contributed by atoms with van der Waals surface area (Å²) in [4.78, 5) is 1.53. The van der Waals surface area contributed by atoms with Crippen molar-refractivity contribution in [3.05, 3.63) is 5.82 Å². The summed E-state index contributed by atoms with van der Waals surface area (Å²) in [6.45, 7) is 7.97. The summed E-state index contributed by atoms with van der Waals surface area (Å²) in [7, 11) is 0. The summed E-state index contributed by atoms with van der Waals surface area (Å²) in [6.07, 6.45) is 0. The largest absolute Gasteiger partial charge is 0.395 e. The number of nitrogens with two attached hydrogens (primary N) is 1. The lowest BCUT2D eigenvalue weighted by Crippen LogP contribution is -2.37. The molecule has 1 heterocycles. The Labute approximate surface area is 89.5 Å². The normalized spacial score (nSPS) is 16.4. The van der Waals surface area contributed by atoms with Crippen molar-refractivity contribution in [2.45, 2.75) is 38.6 Å². The summed E-state index contributed by atoms with van der Waals surface area (Å²) in [5, 5.41) is 21.4. The minimum atomic E-state index is -0.608. The Balaban J connectivity index is 3.03. The number of hydrogen-bond donors (Lipinski definition) is 2. The standard InChI is InChI=1S/C9H19N5O/c1-8(2,3)14-12-7(11-13-14)9(4,5-10)6-15/h15H,5-6,10H2,1-4H3. The van der Waals surface area contributed by atoms with Gasteiger partial charge in [0.25, 0.3) is 0 Å². The molecule has 1 atom stereocenters. The molecule has 0 fully saturated rings. The van der Waals surface area contributed by atoms with Gasteiger partial charge in [0, 0.05) is 6.54 Å². The van der Waals surface area contributed by atoms with Gasteiger partial charge in [-0.05, 0) is 32.9 Å². The van der Waals surface area contributed by atoms with E-state index >= 15 is 0 Å². The first kappa shape index (κ1) is 12.1.